The molecule has 276 valence electrons. The highest BCUT2D eigenvalue weighted by atomic mass is 16.5. The van der Waals surface area contributed by atoms with Gasteiger partial charge in [0.05, 0.1) is 6.10 Å². The largest absolute Gasteiger partial charge is 0.368 e. The van der Waals surface area contributed by atoms with Gasteiger partial charge in [0.25, 0.3) is 0 Å². The van der Waals surface area contributed by atoms with E-state index in [9.17, 15) is 14.4 Å². The van der Waals surface area contributed by atoms with Gasteiger partial charge >= 0.3 is 0 Å². The molecule has 0 unspecified atom stereocenters. The van der Waals surface area contributed by atoms with Gasteiger partial charge in [-0.15, -0.1) is 0 Å². The van der Waals surface area contributed by atoms with E-state index in [1.54, 1.807) is 5.57 Å². The first-order valence-electron chi connectivity index (χ1n) is 19.6. The first-order valence-corrected chi connectivity index (χ1v) is 19.6. The number of allylic oxidation sites excluding steroid dienone is 1. The summed E-state index contributed by atoms with van der Waals surface area (Å²) in [6.45, 7) is 13.9. The highest BCUT2D eigenvalue weighted by Crippen LogP contribution is 2.67. The van der Waals surface area contributed by atoms with Gasteiger partial charge in [-0.2, -0.15) is 0 Å². The summed E-state index contributed by atoms with van der Waals surface area (Å²) in [4.78, 5) is 39.3. The van der Waals surface area contributed by atoms with Crippen molar-refractivity contribution in [3.05, 3.63) is 22.1 Å². The van der Waals surface area contributed by atoms with Crippen LogP contribution in [0, 0.1) is 46.3 Å². The predicted octanol–water partition coefficient (Wildman–Crippen LogP) is 7.63. The third-order valence-corrected chi connectivity index (χ3v) is 13.1. The summed E-state index contributed by atoms with van der Waals surface area (Å²) in [6.07, 6.45) is 18.4. The van der Waals surface area contributed by atoms with Crippen LogP contribution >= 0.6 is 0 Å². The van der Waals surface area contributed by atoms with Crippen molar-refractivity contribution in [2.45, 2.75) is 137 Å². The molecule has 0 spiro atoms. The number of hydrogen-bond acceptors (Lipinski definition) is 5. The molecule has 0 saturated heterocycles. The summed E-state index contributed by atoms with van der Waals surface area (Å²) < 4.78 is 6.14. The van der Waals surface area contributed by atoms with Crippen LogP contribution < -0.4 is 16.0 Å². The number of ether oxygens (including phenoxy) is 1. The van der Waals surface area contributed by atoms with Crippen molar-refractivity contribution >= 4 is 17.7 Å². The Balaban J connectivity index is 1.13. The Morgan fingerprint density at radius 2 is 1.61 bits per heavy atom. The molecule has 3 amide bonds. The molecule has 10 heteroatoms. The van der Waals surface area contributed by atoms with Gasteiger partial charge in [-0.3, -0.25) is 14.4 Å². The maximum Gasteiger partial charge on any atom is 0.246 e. The molecule has 0 aliphatic heterocycles. The number of unbranched alkanes of at least 4 members (excludes halogenated alkanes) is 1. The minimum absolute atomic E-state index is 0.0164. The molecule has 0 bridgehead atoms. The molecule has 4 aliphatic carbocycles. The predicted molar refractivity (Wildman–Crippen MR) is 194 cm³/mol. The van der Waals surface area contributed by atoms with Crippen LogP contribution in [0.5, 0.6) is 0 Å². The van der Waals surface area contributed by atoms with Crippen LogP contribution in [0.1, 0.15) is 131 Å². The van der Waals surface area contributed by atoms with E-state index in [1.165, 1.54) is 51.4 Å². The molecule has 0 heterocycles. The van der Waals surface area contributed by atoms with Crippen molar-refractivity contribution in [3.63, 3.8) is 0 Å². The van der Waals surface area contributed by atoms with E-state index >= 15 is 0 Å². The van der Waals surface area contributed by atoms with E-state index in [-0.39, 0.29) is 61.8 Å². The highest BCUT2D eigenvalue weighted by Gasteiger charge is 2.59. The van der Waals surface area contributed by atoms with Crippen molar-refractivity contribution in [3.8, 4) is 0 Å². The molecule has 10 nitrogen and oxygen atoms in total. The van der Waals surface area contributed by atoms with Crippen LogP contribution in [0.4, 0.5) is 0 Å². The normalized spacial score (nSPS) is 31.0. The fourth-order valence-electron chi connectivity index (χ4n) is 10.4. The third kappa shape index (κ3) is 10.5. The topological polar surface area (TPSA) is 145 Å². The Kier molecular flexibility index (Phi) is 14.9. The molecule has 3 N–H and O–H groups in total. The molecule has 0 aromatic rings. The summed E-state index contributed by atoms with van der Waals surface area (Å²) in [5.41, 5.74) is 10.6. The van der Waals surface area contributed by atoms with E-state index in [0.717, 1.165) is 67.6 Å². The number of nitrogens with zero attached hydrogens (tertiary/aromatic N) is 3. The zero-order chi connectivity index (χ0) is 35.4. The summed E-state index contributed by atoms with van der Waals surface area (Å²) in [5.74, 6) is 4.43. The van der Waals surface area contributed by atoms with Crippen LogP contribution in [0.15, 0.2) is 16.8 Å². The molecule has 3 fully saturated rings. The smallest absolute Gasteiger partial charge is 0.246 e. The first kappa shape index (κ1) is 39.2. The number of rotatable bonds is 19. The second kappa shape index (κ2) is 18.6. The van der Waals surface area contributed by atoms with Gasteiger partial charge in [0, 0.05) is 43.9 Å². The van der Waals surface area contributed by atoms with Crippen LogP contribution in [-0.4, -0.2) is 56.6 Å². The van der Waals surface area contributed by atoms with E-state index in [1.807, 2.05) is 0 Å². The lowest BCUT2D eigenvalue weighted by atomic mass is 9.47. The Bertz CT molecular complexity index is 1200. The van der Waals surface area contributed by atoms with Gasteiger partial charge in [0.2, 0.25) is 17.7 Å². The lowest BCUT2D eigenvalue weighted by Gasteiger charge is -2.58. The summed E-state index contributed by atoms with van der Waals surface area (Å²) in [6, 6.07) is 0. The minimum atomic E-state index is -0.204. The second-order valence-corrected chi connectivity index (χ2v) is 16.7. The average Bonchev–Trinajstić information content (AvgIpc) is 3.42. The van der Waals surface area contributed by atoms with Gasteiger partial charge in [0.1, 0.15) is 6.61 Å². The van der Waals surface area contributed by atoms with Crippen LogP contribution in [0.2, 0.25) is 0 Å². The minimum Gasteiger partial charge on any atom is -0.368 e. The molecule has 8 atom stereocenters. The van der Waals surface area contributed by atoms with E-state index in [0.29, 0.717) is 18.5 Å². The monoisotopic (exact) mass is 683 g/mol. The number of azide groups is 1. The van der Waals surface area contributed by atoms with Gasteiger partial charge in [-0.25, -0.2) is 0 Å². The molecule has 0 aromatic heterocycles. The zero-order valence-corrected chi connectivity index (χ0v) is 31.2. The maximum absolute atomic E-state index is 12.5. The van der Waals surface area contributed by atoms with E-state index in [2.05, 4.69) is 66.7 Å². The fraction of sp³-hybridized carbons (Fsp3) is 0.872. The fourth-order valence-corrected chi connectivity index (χ4v) is 10.4. The van der Waals surface area contributed by atoms with Crippen molar-refractivity contribution in [1.29, 1.82) is 0 Å². The number of hydrogen-bond donors (Lipinski definition) is 3. The van der Waals surface area contributed by atoms with Crippen molar-refractivity contribution in [2.75, 3.05) is 32.8 Å². The number of carbonyl (C=O) groups is 3. The van der Waals surface area contributed by atoms with Gasteiger partial charge in [0.15, 0.2) is 0 Å². The standard InChI is InChI=1S/C39H66N6O4/c1-27(2)9-8-10-28(3)32-13-14-33-31-12-11-29-25-30(15-19-38(29,4)34(31)16-20-39(32,33)5)49-26-37(48)43-24-18-36(47)42-23-17-35(46)41-21-6-7-22-44-45-40/h11,27-28,30-34H,6-10,12-26H2,1-5H3,(H,41,46)(H,42,47)(H,43,48)/t28-,30+,31+,32-,33+,34+,38+,39-/m1/s1. The lowest BCUT2D eigenvalue weighted by molar-refractivity contribution is -0.129. The Morgan fingerprint density at radius 3 is 2.33 bits per heavy atom. The Hall–Kier alpha value is -2.58. The van der Waals surface area contributed by atoms with Gasteiger partial charge in [-0.1, -0.05) is 70.6 Å². The first-order chi connectivity index (χ1) is 23.5. The number of carbonyl (C=O) groups excluding carboxylic acids is 3. The molecule has 0 radical (unpaired) electrons. The number of fused-ring (bicyclic) bond motifs is 5. The number of nitrogens with one attached hydrogen (secondary N) is 3. The SMILES string of the molecule is CC(C)CCC[C@@H](C)[C@H]1CC[C@H]2[C@@H]3CC=C4C[C@@H](OCC(=O)NCCC(=O)NCCC(=O)NCCCCN=[N+]=[N-])CC[C@]4(C)[C@H]3CC[C@]12C. The van der Waals surface area contributed by atoms with E-state index in [4.69, 9.17) is 10.3 Å². The quantitative estimate of drug-likeness (QED) is 0.0423. The molecule has 4 rings (SSSR count). The molecular weight excluding hydrogens is 616 g/mol. The summed E-state index contributed by atoms with van der Waals surface area (Å²) in [5, 5.41) is 11.8. The van der Waals surface area contributed by atoms with Gasteiger partial charge < -0.3 is 20.7 Å². The Labute approximate surface area is 295 Å². The molecular formula is C39H66N6O4. The molecule has 4 aliphatic rings. The Morgan fingerprint density at radius 1 is 0.898 bits per heavy atom. The second-order valence-electron chi connectivity index (χ2n) is 16.7. The van der Waals surface area contributed by atoms with Crippen LogP contribution in [-0.2, 0) is 19.1 Å². The van der Waals surface area contributed by atoms with Crippen LogP contribution in [0.25, 0.3) is 10.4 Å². The average molecular weight is 683 g/mol. The van der Waals surface area contributed by atoms with Crippen molar-refractivity contribution in [1.82, 2.24) is 16.0 Å². The third-order valence-electron chi connectivity index (χ3n) is 13.1. The van der Waals surface area contributed by atoms with Gasteiger partial charge in [-0.05, 0) is 116 Å². The molecule has 0 aromatic carbocycles. The maximum atomic E-state index is 12.5. The lowest BCUT2D eigenvalue weighted by Crippen LogP contribution is -2.51. The number of amides is 3. The van der Waals surface area contributed by atoms with Crippen molar-refractivity contribution < 1.29 is 19.1 Å². The molecule has 49 heavy (non-hydrogen) atoms. The molecule has 3 saturated carbocycles. The highest BCUT2D eigenvalue weighted by molar-refractivity contribution is 5.80. The van der Waals surface area contributed by atoms with Crippen molar-refractivity contribution in [2.24, 2.45) is 51.5 Å². The summed E-state index contributed by atoms with van der Waals surface area (Å²) >= 11 is 0. The summed E-state index contributed by atoms with van der Waals surface area (Å²) in [7, 11) is 0. The zero-order valence-electron chi connectivity index (χ0n) is 31.2. The van der Waals surface area contributed by atoms with E-state index < -0.39 is 0 Å². The van der Waals surface area contributed by atoms with Crippen LogP contribution in [0.3, 0.4) is 0 Å².